The lowest BCUT2D eigenvalue weighted by atomic mass is 10.0. The van der Waals surface area contributed by atoms with Gasteiger partial charge < -0.3 is 11.1 Å². The summed E-state index contributed by atoms with van der Waals surface area (Å²) in [5, 5.41) is 3.48. The number of rotatable bonds is 5. The molecule has 0 fully saturated rings. The fourth-order valence-electron chi connectivity index (χ4n) is 2.58. The quantitative estimate of drug-likeness (QED) is 0.881. The predicted octanol–water partition coefficient (Wildman–Crippen LogP) is 3.50. The van der Waals surface area contributed by atoms with Gasteiger partial charge in [0.1, 0.15) is 0 Å². The molecule has 0 spiro atoms. The zero-order valence-electron chi connectivity index (χ0n) is 12.8. The molecule has 0 aromatic heterocycles. The maximum absolute atomic E-state index is 11.2. The van der Waals surface area contributed by atoms with Crippen LogP contribution in [0.4, 0.5) is 5.69 Å². The first-order valence-electron chi connectivity index (χ1n) is 7.16. The highest BCUT2D eigenvalue weighted by Gasteiger charge is 2.10. The Bertz CT molecular complexity index is 629. The van der Waals surface area contributed by atoms with Crippen LogP contribution in [0.3, 0.4) is 0 Å². The van der Waals surface area contributed by atoms with Crippen LogP contribution in [0.15, 0.2) is 42.5 Å². The van der Waals surface area contributed by atoms with Crippen LogP contribution >= 0.6 is 0 Å². The molecule has 1 amide bonds. The molecule has 3 N–H and O–H groups in total. The van der Waals surface area contributed by atoms with Crippen molar-refractivity contribution in [1.82, 2.24) is 0 Å². The van der Waals surface area contributed by atoms with E-state index in [2.05, 4.69) is 44.3 Å². The van der Waals surface area contributed by atoms with Crippen LogP contribution in [0, 0.1) is 13.8 Å². The molecule has 0 aliphatic heterocycles. The van der Waals surface area contributed by atoms with Crippen LogP contribution in [-0.2, 0) is 11.2 Å². The lowest BCUT2D eigenvalue weighted by Gasteiger charge is -2.19. The van der Waals surface area contributed by atoms with Gasteiger partial charge in [0.2, 0.25) is 5.91 Å². The van der Waals surface area contributed by atoms with Gasteiger partial charge in [-0.25, -0.2) is 0 Å². The molecule has 0 aliphatic rings. The molecular formula is C18H22N2O. The van der Waals surface area contributed by atoms with E-state index in [4.69, 9.17) is 5.73 Å². The zero-order valence-corrected chi connectivity index (χ0v) is 12.8. The van der Waals surface area contributed by atoms with Crippen molar-refractivity contribution in [3.63, 3.8) is 0 Å². The van der Waals surface area contributed by atoms with E-state index in [0.29, 0.717) is 0 Å². The van der Waals surface area contributed by atoms with Crippen molar-refractivity contribution in [3.8, 4) is 0 Å². The van der Waals surface area contributed by atoms with Gasteiger partial charge in [-0.3, -0.25) is 4.79 Å². The van der Waals surface area contributed by atoms with Crippen LogP contribution in [0.1, 0.15) is 35.2 Å². The minimum absolute atomic E-state index is 0.164. The summed E-state index contributed by atoms with van der Waals surface area (Å²) in [5.41, 5.74) is 10.9. The SMILES string of the molecule is Cc1cc(C)cc(C(C)Nc2ccccc2CC(N)=O)c1. The van der Waals surface area contributed by atoms with Gasteiger partial charge in [0.25, 0.3) is 0 Å². The third kappa shape index (κ3) is 4.09. The molecule has 2 rings (SSSR count). The molecule has 3 nitrogen and oxygen atoms in total. The largest absolute Gasteiger partial charge is 0.378 e. The van der Waals surface area contributed by atoms with Crippen molar-refractivity contribution < 1.29 is 4.79 Å². The topological polar surface area (TPSA) is 55.1 Å². The molecule has 110 valence electrons. The molecule has 0 radical (unpaired) electrons. The first-order valence-corrected chi connectivity index (χ1v) is 7.16. The lowest BCUT2D eigenvalue weighted by Crippen LogP contribution is -2.16. The Morgan fingerprint density at radius 3 is 2.38 bits per heavy atom. The average molecular weight is 282 g/mol. The number of nitrogens with one attached hydrogen (secondary N) is 1. The Labute approximate surface area is 126 Å². The molecule has 0 saturated carbocycles. The number of aryl methyl sites for hydroxylation is 2. The normalized spacial score (nSPS) is 12.0. The van der Waals surface area contributed by atoms with Gasteiger partial charge in [-0.15, -0.1) is 0 Å². The summed E-state index contributed by atoms with van der Waals surface area (Å²) in [6, 6.07) is 14.5. The second-order valence-electron chi connectivity index (χ2n) is 5.59. The summed E-state index contributed by atoms with van der Waals surface area (Å²) in [6.45, 7) is 6.32. The van der Waals surface area contributed by atoms with Crippen molar-refractivity contribution in [3.05, 3.63) is 64.7 Å². The fourth-order valence-corrected chi connectivity index (χ4v) is 2.58. The van der Waals surface area contributed by atoms with Crippen LogP contribution < -0.4 is 11.1 Å². The number of para-hydroxylation sites is 1. The maximum atomic E-state index is 11.2. The van der Waals surface area contributed by atoms with E-state index in [0.717, 1.165) is 11.3 Å². The number of anilines is 1. The third-order valence-electron chi connectivity index (χ3n) is 3.50. The zero-order chi connectivity index (χ0) is 15.4. The maximum Gasteiger partial charge on any atom is 0.221 e. The molecule has 3 heteroatoms. The Balaban J connectivity index is 2.23. The number of primary amides is 1. The number of hydrogen-bond acceptors (Lipinski definition) is 2. The Morgan fingerprint density at radius 1 is 1.14 bits per heavy atom. The van der Waals surface area contributed by atoms with E-state index in [1.807, 2.05) is 24.3 Å². The van der Waals surface area contributed by atoms with E-state index in [1.165, 1.54) is 16.7 Å². The van der Waals surface area contributed by atoms with E-state index >= 15 is 0 Å². The van der Waals surface area contributed by atoms with Crippen molar-refractivity contribution in [2.24, 2.45) is 5.73 Å². The van der Waals surface area contributed by atoms with Gasteiger partial charge >= 0.3 is 0 Å². The van der Waals surface area contributed by atoms with Gasteiger partial charge in [-0.05, 0) is 38.0 Å². The molecule has 0 aliphatic carbocycles. The molecule has 0 heterocycles. The summed E-state index contributed by atoms with van der Waals surface area (Å²) in [5.74, 6) is -0.316. The van der Waals surface area contributed by atoms with E-state index in [9.17, 15) is 4.79 Å². The van der Waals surface area contributed by atoms with E-state index in [-0.39, 0.29) is 18.4 Å². The molecular weight excluding hydrogens is 260 g/mol. The summed E-state index contributed by atoms with van der Waals surface area (Å²) in [7, 11) is 0. The fraction of sp³-hybridized carbons (Fsp3) is 0.278. The van der Waals surface area contributed by atoms with E-state index in [1.54, 1.807) is 0 Å². The number of benzene rings is 2. The highest BCUT2D eigenvalue weighted by atomic mass is 16.1. The number of carbonyl (C=O) groups is 1. The Morgan fingerprint density at radius 2 is 1.76 bits per heavy atom. The monoisotopic (exact) mass is 282 g/mol. The highest BCUT2D eigenvalue weighted by Crippen LogP contribution is 2.24. The first-order chi connectivity index (χ1) is 9.95. The summed E-state index contributed by atoms with van der Waals surface area (Å²) in [6.07, 6.45) is 0.253. The van der Waals surface area contributed by atoms with Gasteiger partial charge in [-0.1, -0.05) is 47.5 Å². The standard InChI is InChI=1S/C18H22N2O/c1-12-8-13(2)10-16(9-12)14(3)20-17-7-5-4-6-15(17)11-18(19)21/h4-10,14,20H,11H2,1-3H3,(H2,19,21). The van der Waals surface area contributed by atoms with Crippen LogP contribution in [0.25, 0.3) is 0 Å². The van der Waals surface area contributed by atoms with Crippen molar-refractivity contribution in [1.29, 1.82) is 0 Å². The average Bonchev–Trinajstić information content (AvgIpc) is 2.39. The number of nitrogens with two attached hydrogens (primary N) is 1. The Hall–Kier alpha value is -2.29. The van der Waals surface area contributed by atoms with Crippen LogP contribution in [0.5, 0.6) is 0 Å². The van der Waals surface area contributed by atoms with Crippen molar-refractivity contribution >= 4 is 11.6 Å². The van der Waals surface area contributed by atoms with Crippen LogP contribution in [-0.4, -0.2) is 5.91 Å². The second kappa shape index (κ2) is 6.44. The molecule has 0 bridgehead atoms. The molecule has 0 saturated heterocycles. The van der Waals surface area contributed by atoms with Crippen molar-refractivity contribution in [2.45, 2.75) is 33.2 Å². The molecule has 2 aromatic carbocycles. The molecule has 1 unspecified atom stereocenters. The smallest absolute Gasteiger partial charge is 0.221 e. The van der Waals surface area contributed by atoms with Gasteiger partial charge in [0.05, 0.1) is 6.42 Å². The molecule has 2 aromatic rings. The van der Waals surface area contributed by atoms with Gasteiger partial charge in [0.15, 0.2) is 0 Å². The number of carbonyl (C=O) groups excluding carboxylic acids is 1. The van der Waals surface area contributed by atoms with Gasteiger partial charge in [0, 0.05) is 11.7 Å². The van der Waals surface area contributed by atoms with E-state index < -0.39 is 0 Å². The summed E-state index contributed by atoms with van der Waals surface area (Å²) in [4.78, 5) is 11.2. The highest BCUT2D eigenvalue weighted by molar-refractivity contribution is 5.78. The summed E-state index contributed by atoms with van der Waals surface area (Å²) < 4.78 is 0. The minimum Gasteiger partial charge on any atom is -0.378 e. The third-order valence-corrected chi connectivity index (χ3v) is 3.50. The summed E-state index contributed by atoms with van der Waals surface area (Å²) >= 11 is 0. The van der Waals surface area contributed by atoms with Gasteiger partial charge in [-0.2, -0.15) is 0 Å². The lowest BCUT2D eigenvalue weighted by molar-refractivity contribution is -0.117. The van der Waals surface area contributed by atoms with Crippen LogP contribution in [0.2, 0.25) is 0 Å². The first kappa shape index (κ1) is 15.1. The Kier molecular flexibility index (Phi) is 4.63. The molecule has 1 atom stereocenters. The molecule has 21 heavy (non-hydrogen) atoms. The predicted molar refractivity (Wildman–Crippen MR) is 87.3 cm³/mol. The number of hydrogen-bond donors (Lipinski definition) is 2. The van der Waals surface area contributed by atoms with Crippen molar-refractivity contribution in [2.75, 3.05) is 5.32 Å². The minimum atomic E-state index is -0.316. The second-order valence-corrected chi connectivity index (χ2v) is 5.59. The number of amides is 1.